The van der Waals surface area contributed by atoms with Crippen molar-refractivity contribution < 1.29 is 90.6 Å². The van der Waals surface area contributed by atoms with Crippen LogP contribution in [0, 0.1) is 0 Å². The van der Waals surface area contributed by atoms with Crippen molar-refractivity contribution in [1.29, 1.82) is 0 Å². The molecule has 2 aromatic carbocycles. The molecule has 0 unspecified atom stereocenters. The average molecular weight is 403 g/mol. The summed E-state index contributed by atoms with van der Waals surface area (Å²) in [5.74, 6) is -3.39. The molecule has 9 heteroatoms. The Bertz CT molecular complexity index is 809. The third-order valence-electron chi connectivity index (χ3n) is 3.38. The zero-order valence-electron chi connectivity index (χ0n) is 17.8. The van der Waals surface area contributed by atoms with E-state index in [9.17, 15) is 19.2 Å². The van der Waals surface area contributed by atoms with Gasteiger partial charge in [0.05, 0.1) is 11.1 Å². The van der Waals surface area contributed by atoms with Crippen LogP contribution >= 0.6 is 0 Å². The van der Waals surface area contributed by atoms with Crippen molar-refractivity contribution >= 4 is 23.9 Å². The van der Waals surface area contributed by atoms with E-state index in [1.807, 2.05) is 0 Å². The van der Waals surface area contributed by atoms with Gasteiger partial charge in [0.15, 0.2) is 0 Å². The van der Waals surface area contributed by atoms with Crippen molar-refractivity contribution in [1.82, 2.24) is 0 Å². The molecular weight excluding hydrogens is 384 g/mol. The molecule has 1 atom stereocenters. The molecule has 0 heterocycles. The van der Waals surface area contributed by atoms with Crippen LogP contribution in [0.4, 0.5) is 0 Å². The minimum atomic E-state index is -1.19. The molecule has 0 saturated carbocycles. The summed E-state index contributed by atoms with van der Waals surface area (Å²) in [7, 11) is 0. The molecule has 0 aliphatic heterocycles. The first-order chi connectivity index (χ1) is 12.5. The molecule has 0 fully saturated rings. The van der Waals surface area contributed by atoms with E-state index in [2.05, 4.69) is 9.47 Å². The first-order valence-electron chi connectivity index (χ1n) is 7.84. The molecule has 0 aromatic heterocycles. The van der Waals surface area contributed by atoms with Crippen molar-refractivity contribution in [2.24, 2.45) is 5.73 Å². The molecule has 0 saturated heterocycles. The second-order valence-electron chi connectivity index (χ2n) is 5.35. The van der Waals surface area contributed by atoms with Gasteiger partial charge in [-0.3, -0.25) is 4.79 Å². The fourth-order valence-electron chi connectivity index (χ4n) is 1.98. The van der Waals surface area contributed by atoms with Crippen molar-refractivity contribution in [3.63, 3.8) is 0 Å². The number of rotatable bonds is 6. The van der Waals surface area contributed by atoms with Crippen LogP contribution in [0.25, 0.3) is 0 Å². The minimum absolute atomic E-state index is 0. The molecule has 0 spiro atoms. The fraction of sp³-hybridized carbons (Fsp3) is 0.158. The Balaban J connectivity index is -0.00000182. The van der Waals surface area contributed by atoms with Crippen LogP contribution in [-0.2, 0) is 19.1 Å². The van der Waals surface area contributed by atoms with Gasteiger partial charge < -0.3 is 18.1 Å². The first-order valence-corrected chi connectivity index (χ1v) is 7.84. The maximum absolute atomic E-state index is 11.8. The van der Waals surface area contributed by atoms with Crippen molar-refractivity contribution in [3.05, 3.63) is 71.8 Å². The first kappa shape index (κ1) is 26.7. The number of esters is 4. The molecule has 138 valence electrons. The van der Waals surface area contributed by atoms with Crippen molar-refractivity contribution in [3.8, 4) is 0 Å². The molecule has 7 nitrogen and oxygen atoms in total. The van der Waals surface area contributed by atoms with Crippen LogP contribution in [0.3, 0.4) is 0 Å². The predicted molar refractivity (Wildman–Crippen MR) is 93.2 cm³/mol. The van der Waals surface area contributed by atoms with E-state index in [-0.39, 0.29) is 85.9 Å². The third kappa shape index (κ3) is 8.79. The van der Waals surface area contributed by atoms with E-state index < -0.39 is 29.9 Å². The second kappa shape index (κ2) is 13.8. The van der Waals surface area contributed by atoms with Gasteiger partial charge in [-0.25, -0.2) is 14.4 Å². The number of nitrogens with two attached hydrogens (primary N) is 1. The normalized spacial score (nSPS) is 10.5. The van der Waals surface area contributed by atoms with Crippen LogP contribution in [0.2, 0.25) is 0 Å². The Morgan fingerprint density at radius 2 is 1.21 bits per heavy atom. The van der Waals surface area contributed by atoms with Gasteiger partial charge >= 0.3 is 83.0 Å². The number of benzene rings is 2. The van der Waals surface area contributed by atoms with Crippen molar-refractivity contribution in [2.45, 2.75) is 18.9 Å². The number of carbonyl (C=O) groups is 4. The molecule has 0 radical (unpaired) electrons. The molecule has 2 aromatic rings. The zero-order valence-corrected chi connectivity index (χ0v) is 19.8. The largest absolute Gasteiger partial charge is 1.00 e. The fourth-order valence-corrected chi connectivity index (χ4v) is 1.98. The Labute approximate surface area is 209 Å². The monoisotopic (exact) mass is 403 g/mol. The van der Waals surface area contributed by atoms with Crippen LogP contribution in [-0.4, -0.2) is 29.9 Å². The van der Waals surface area contributed by atoms with Gasteiger partial charge in [-0.2, -0.15) is 0 Å². The Morgan fingerprint density at radius 1 is 0.786 bits per heavy atom. The summed E-state index contributed by atoms with van der Waals surface area (Å²) in [5, 5.41) is 0. The van der Waals surface area contributed by atoms with E-state index in [4.69, 9.17) is 5.73 Å². The van der Waals surface area contributed by atoms with Crippen LogP contribution < -0.4 is 64.8 Å². The van der Waals surface area contributed by atoms with Gasteiger partial charge in [0.2, 0.25) is 0 Å². The summed E-state index contributed by atoms with van der Waals surface area (Å²) in [6.07, 6.45) is -0.393. The van der Waals surface area contributed by atoms with Crippen LogP contribution in [0.15, 0.2) is 60.7 Å². The van der Waals surface area contributed by atoms with Crippen LogP contribution in [0.1, 0.15) is 36.4 Å². The maximum Gasteiger partial charge on any atom is 1.00 e. The van der Waals surface area contributed by atoms with E-state index in [0.717, 1.165) is 0 Å². The Hall–Kier alpha value is -1.32. The average Bonchev–Trinajstić information content (AvgIpc) is 2.67. The maximum atomic E-state index is 11.8. The zero-order chi connectivity index (χ0) is 18.9. The van der Waals surface area contributed by atoms with E-state index >= 15 is 0 Å². The summed E-state index contributed by atoms with van der Waals surface area (Å²) >= 11 is 0. The Morgan fingerprint density at radius 3 is 1.68 bits per heavy atom. The standard InChI is InChI=1S/C19H17NO6.2Na.2H/c20-15(19(24)26-18(23)14-9-5-2-6-10-14)11-12-16(21)25-17(22)13-7-3-1-4-8-13;;;;/h1-10,15H,11-12,20H2;;;;/q;2*+1;2*-1/t15-;;;;/m0..../s1. The van der Waals surface area contributed by atoms with Gasteiger partial charge in [-0.05, 0) is 30.7 Å². The molecule has 0 aliphatic carbocycles. The SMILES string of the molecule is N[C@@H](CCC(=O)OC(=O)c1ccccc1)C(=O)OC(=O)c1ccccc1.[H-].[H-].[Na+].[Na+]. The quantitative estimate of drug-likeness (QED) is 0.298. The molecular formula is C19H19NNa2O6. The van der Waals surface area contributed by atoms with Crippen molar-refractivity contribution in [2.75, 3.05) is 0 Å². The Kier molecular flexibility index (Phi) is 13.1. The van der Waals surface area contributed by atoms with Gasteiger partial charge in [0.1, 0.15) is 6.04 Å². The van der Waals surface area contributed by atoms with Gasteiger partial charge in [-0.15, -0.1) is 0 Å². The summed E-state index contributed by atoms with van der Waals surface area (Å²) in [6, 6.07) is 14.8. The molecule has 0 amide bonds. The van der Waals surface area contributed by atoms with Gasteiger partial charge in [0, 0.05) is 6.42 Å². The number of hydrogen-bond donors (Lipinski definition) is 1. The number of hydrogen-bond acceptors (Lipinski definition) is 7. The summed E-state index contributed by atoms with van der Waals surface area (Å²) in [6.45, 7) is 0. The topological polar surface area (TPSA) is 113 Å². The summed E-state index contributed by atoms with van der Waals surface area (Å²) in [5.41, 5.74) is 6.06. The number of carbonyl (C=O) groups excluding carboxylic acids is 4. The van der Waals surface area contributed by atoms with E-state index in [0.29, 0.717) is 0 Å². The molecule has 28 heavy (non-hydrogen) atoms. The third-order valence-corrected chi connectivity index (χ3v) is 3.38. The van der Waals surface area contributed by atoms with Gasteiger partial charge in [0.25, 0.3) is 0 Å². The van der Waals surface area contributed by atoms with E-state index in [1.165, 1.54) is 24.3 Å². The van der Waals surface area contributed by atoms with Crippen LogP contribution in [0.5, 0.6) is 0 Å². The molecule has 2 N–H and O–H groups in total. The molecule has 0 aliphatic rings. The number of ether oxygens (including phenoxy) is 2. The van der Waals surface area contributed by atoms with E-state index in [1.54, 1.807) is 36.4 Å². The van der Waals surface area contributed by atoms with Gasteiger partial charge in [-0.1, -0.05) is 36.4 Å². The molecule has 0 bridgehead atoms. The second-order valence-corrected chi connectivity index (χ2v) is 5.35. The smallest absolute Gasteiger partial charge is 1.00 e. The summed E-state index contributed by atoms with van der Waals surface area (Å²) in [4.78, 5) is 47.0. The predicted octanol–water partition coefficient (Wildman–Crippen LogP) is -3.91. The minimum Gasteiger partial charge on any atom is -1.00 e. The summed E-state index contributed by atoms with van der Waals surface area (Å²) < 4.78 is 9.32. The molecule has 2 rings (SSSR count).